The quantitative estimate of drug-likeness (QED) is 0.594. The molecule has 0 heterocycles. The third-order valence-corrected chi connectivity index (χ3v) is 3.14. The molecular formula is C13H12ClNO4S. The van der Waals surface area contributed by atoms with Gasteiger partial charge in [-0.3, -0.25) is 4.55 Å². The van der Waals surface area contributed by atoms with Crippen molar-refractivity contribution in [2.75, 3.05) is 12.1 Å². The zero-order valence-electron chi connectivity index (χ0n) is 10.5. The Balaban J connectivity index is 0.000000198. The van der Waals surface area contributed by atoms with Gasteiger partial charge >= 0.3 is 10.4 Å². The van der Waals surface area contributed by atoms with Crippen molar-refractivity contribution in [3.05, 3.63) is 53.6 Å². The Morgan fingerprint density at radius 1 is 1.10 bits per heavy atom. The van der Waals surface area contributed by atoms with E-state index in [1.54, 1.807) is 18.2 Å². The standard InChI is InChI=1S/C7H8ClNO4S.C6H4/c1-9(13-14(10,11)12)7-4-2-3-6(8)5-7;1-2-5-4-6(5)3-1/h2-5H,1H3,(H,10,11,12);1-4H. The van der Waals surface area contributed by atoms with Gasteiger partial charge in [0.25, 0.3) is 0 Å². The van der Waals surface area contributed by atoms with Crippen LogP contribution in [0.3, 0.4) is 0 Å². The summed E-state index contributed by atoms with van der Waals surface area (Å²) in [7, 11) is -3.17. The lowest BCUT2D eigenvalue weighted by molar-refractivity contribution is 0.258. The van der Waals surface area contributed by atoms with E-state index in [2.05, 4.69) is 28.5 Å². The van der Waals surface area contributed by atoms with E-state index < -0.39 is 10.4 Å². The van der Waals surface area contributed by atoms with Gasteiger partial charge in [-0.1, -0.05) is 35.9 Å². The van der Waals surface area contributed by atoms with Gasteiger partial charge in [-0.25, -0.2) is 5.06 Å². The molecule has 0 fully saturated rings. The first-order valence-electron chi connectivity index (χ1n) is 5.62. The van der Waals surface area contributed by atoms with Crippen molar-refractivity contribution < 1.29 is 17.3 Å². The highest BCUT2D eigenvalue weighted by Crippen LogP contribution is 2.32. The minimum atomic E-state index is -4.50. The average Bonchev–Trinajstić information content (AvgIpc) is 2.95. The highest BCUT2D eigenvalue weighted by Gasteiger charge is 2.11. The predicted molar refractivity (Wildman–Crippen MR) is 77.9 cm³/mol. The van der Waals surface area contributed by atoms with Gasteiger partial charge in [-0.05, 0) is 35.4 Å². The summed E-state index contributed by atoms with van der Waals surface area (Å²) in [5.41, 5.74) is 3.26. The first kappa shape index (κ1) is 14.8. The van der Waals surface area contributed by atoms with Gasteiger partial charge in [0.1, 0.15) is 0 Å². The summed E-state index contributed by atoms with van der Waals surface area (Å²) < 4.78 is 33.3. The van der Waals surface area contributed by atoms with Crippen LogP contribution in [0.15, 0.2) is 48.5 Å². The third-order valence-electron chi connectivity index (χ3n) is 2.49. The lowest BCUT2D eigenvalue weighted by atomic mass is 10.3. The molecule has 0 aromatic heterocycles. The second-order valence-corrected chi connectivity index (χ2v) is 5.50. The van der Waals surface area contributed by atoms with Gasteiger partial charge < -0.3 is 0 Å². The molecule has 0 amide bonds. The molecule has 0 aliphatic heterocycles. The average molecular weight is 314 g/mol. The fourth-order valence-electron chi connectivity index (χ4n) is 1.53. The first-order chi connectivity index (χ1) is 9.35. The molecule has 7 heteroatoms. The molecule has 20 heavy (non-hydrogen) atoms. The van der Waals surface area contributed by atoms with Crippen LogP contribution in [0.2, 0.25) is 5.02 Å². The van der Waals surface area contributed by atoms with Crippen LogP contribution in [0, 0.1) is 0 Å². The first-order valence-corrected chi connectivity index (χ1v) is 7.36. The molecule has 5 nitrogen and oxygen atoms in total. The van der Waals surface area contributed by atoms with Crippen LogP contribution in [-0.2, 0) is 14.7 Å². The molecule has 0 saturated heterocycles. The maximum atomic E-state index is 10.4. The second kappa shape index (κ2) is 5.80. The summed E-state index contributed by atoms with van der Waals surface area (Å²) in [4.78, 5) is 0. The predicted octanol–water partition coefficient (Wildman–Crippen LogP) is 3.18. The van der Waals surface area contributed by atoms with Crippen molar-refractivity contribution >= 4 is 27.7 Å². The Kier molecular flexibility index (Phi) is 4.29. The molecule has 1 N–H and O–H groups in total. The minimum absolute atomic E-state index is 0.412. The number of rotatable bonds is 3. The number of hydrogen-bond donors (Lipinski definition) is 1. The van der Waals surface area contributed by atoms with E-state index >= 15 is 0 Å². The van der Waals surface area contributed by atoms with Crippen LogP contribution in [-0.4, -0.2) is 20.0 Å². The van der Waals surface area contributed by atoms with Gasteiger partial charge in [0.2, 0.25) is 0 Å². The monoisotopic (exact) mass is 313 g/mol. The van der Waals surface area contributed by atoms with E-state index in [1.165, 1.54) is 24.2 Å². The van der Waals surface area contributed by atoms with Gasteiger partial charge in [0.15, 0.2) is 0 Å². The Bertz CT molecular complexity index is 701. The molecule has 2 aliphatic rings. The molecule has 3 rings (SSSR count). The van der Waals surface area contributed by atoms with E-state index in [1.807, 2.05) is 0 Å². The maximum absolute atomic E-state index is 10.4. The fraction of sp³-hybridized carbons (Fsp3) is 0.0769. The maximum Gasteiger partial charge on any atom is 0.418 e. The lowest BCUT2D eigenvalue weighted by Crippen LogP contribution is -2.22. The highest BCUT2D eigenvalue weighted by molar-refractivity contribution is 7.80. The van der Waals surface area contributed by atoms with Gasteiger partial charge in [0.05, 0.1) is 5.69 Å². The van der Waals surface area contributed by atoms with Crippen molar-refractivity contribution in [3.8, 4) is 11.1 Å². The van der Waals surface area contributed by atoms with Crippen LogP contribution in [0.25, 0.3) is 11.1 Å². The summed E-state index contributed by atoms with van der Waals surface area (Å²) in [5, 5.41) is 1.33. The molecule has 2 aliphatic carbocycles. The fourth-order valence-corrected chi connectivity index (χ4v) is 2.09. The van der Waals surface area contributed by atoms with E-state index in [9.17, 15) is 8.42 Å². The molecule has 1 aromatic rings. The van der Waals surface area contributed by atoms with Crippen molar-refractivity contribution in [1.82, 2.24) is 0 Å². The van der Waals surface area contributed by atoms with Crippen LogP contribution < -0.4 is 5.06 Å². The number of halogens is 1. The summed E-state index contributed by atoms with van der Waals surface area (Å²) in [6.07, 6.45) is 0. The molecule has 0 bridgehead atoms. The van der Waals surface area contributed by atoms with Gasteiger partial charge in [-0.2, -0.15) is 8.42 Å². The van der Waals surface area contributed by atoms with E-state index in [0.29, 0.717) is 10.7 Å². The largest absolute Gasteiger partial charge is 0.418 e. The van der Waals surface area contributed by atoms with Crippen LogP contribution in [0.1, 0.15) is 0 Å². The van der Waals surface area contributed by atoms with E-state index in [0.717, 1.165) is 5.06 Å². The third kappa shape index (κ3) is 4.50. The van der Waals surface area contributed by atoms with Gasteiger partial charge in [0, 0.05) is 12.1 Å². The lowest BCUT2D eigenvalue weighted by Gasteiger charge is -2.15. The molecule has 106 valence electrons. The minimum Gasteiger partial charge on any atom is -0.262 e. The van der Waals surface area contributed by atoms with Crippen molar-refractivity contribution in [1.29, 1.82) is 0 Å². The SMILES string of the molecule is CN(OS(=O)(=O)O)c1cccc(Cl)c1.c1cc2cc-2c1. The molecule has 0 radical (unpaired) electrons. The molecular weight excluding hydrogens is 302 g/mol. The van der Waals surface area contributed by atoms with E-state index in [-0.39, 0.29) is 0 Å². The summed E-state index contributed by atoms with van der Waals surface area (Å²) in [6.45, 7) is 0. The Labute approximate surface area is 122 Å². The second-order valence-electron chi connectivity index (χ2n) is 4.06. The van der Waals surface area contributed by atoms with Crippen LogP contribution in [0.4, 0.5) is 5.69 Å². The molecule has 0 spiro atoms. The molecule has 0 unspecified atom stereocenters. The molecule has 0 saturated carbocycles. The Hall–Kier alpha value is -1.60. The number of fused-ring (bicyclic) bond motifs is 1. The number of hydroxylamine groups is 1. The Morgan fingerprint density at radius 2 is 1.70 bits per heavy atom. The zero-order chi connectivity index (χ0) is 14.8. The van der Waals surface area contributed by atoms with Crippen LogP contribution >= 0.6 is 11.6 Å². The molecule has 1 aromatic carbocycles. The van der Waals surface area contributed by atoms with Crippen LogP contribution in [0.5, 0.6) is 0 Å². The summed E-state index contributed by atoms with van der Waals surface area (Å²) in [6, 6.07) is 14.8. The highest BCUT2D eigenvalue weighted by atomic mass is 35.5. The molecule has 0 atom stereocenters. The zero-order valence-corrected chi connectivity index (χ0v) is 12.1. The summed E-state index contributed by atoms with van der Waals surface area (Å²) in [5.74, 6) is 0. The van der Waals surface area contributed by atoms with E-state index in [4.69, 9.17) is 16.2 Å². The van der Waals surface area contributed by atoms with Crippen molar-refractivity contribution in [2.45, 2.75) is 0 Å². The topological polar surface area (TPSA) is 66.8 Å². The van der Waals surface area contributed by atoms with Crippen molar-refractivity contribution in [3.63, 3.8) is 0 Å². The van der Waals surface area contributed by atoms with Crippen molar-refractivity contribution in [2.24, 2.45) is 0 Å². The van der Waals surface area contributed by atoms with Gasteiger partial charge in [-0.15, -0.1) is 4.28 Å². The number of benzene rings is 2. The number of nitrogens with zero attached hydrogens (tertiary/aromatic N) is 1. The summed E-state index contributed by atoms with van der Waals surface area (Å²) >= 11 is 5.67. The number of hydrogen-bond acceptors (Lipinski definition) is 4. The Morgan fingerprint density at radius 3 is 2.10 bits per heavy atom. The smallest absolute Gasteiger partial charge is 0.262 e. The number of anilines is 1. The normalized spacial score (nSPS) is 11.3.